The molecule has 0 radical (unpaired) electrons. The first kappa shape index (κ1) is 16.0. The number of ether oxygens (including phenoxy) is 1. The molecule has 0 saturated heterocycles. The summed E-state index contributed by atoms with van der Waals surface area (Å²) in [5.41, 5.74) is 6.51. The van der Waals surface area contributed by atoms with Crippen LogP contribution in [0.1, 0.15) is 25.5 Å². The third-order valence-corrected chi connectivity index (χ3v) is 3.86. The number of pyridine rings is 1. The summed E-state index contributed by atoms with van der Waals surface area (Å²) in [4.78, 5) is 12.8. The van der Waals surface area contributed by atoms with Crippen molar-refractivity contribution in [2.75, 3.05) is 12.3 Å². The minimum Gasteiger partial charge on any atom is -0.504 e. The highest BCUT2D eigenvalue weighted by Crippen LogP contribution is 2.33. The third-order valence-electron chi connectivity index (χ3n) is 3.86. The zero-order chi connectivity index (χ0) is 17.1. The number of nitrogens with zero attached hydrogens (tertiary/aromatic N) is 1. The van der Waals surface area contributed by atoms with E-state index in [1.807, 2.05) is 6.92 Å². The van der Waals surface area contributed by atoms with E-state index in [1.165, 1.54) is 4.57 Å². The van der Waals surface area contributed by atoms with Gasteiger partial charge in [0.05, 0.1) is 24.9 Å². The summed E-state index contributed by atoms with van der Waals surface area (Å²) in [6, 6.07) is 8.59. The number of aromatic nitrogens is 1. The first-order chi connectivity index (χ1) is 11.6. The number of benzene rings is 1. The van der Waals surface area contributed by atoms with Gasteiger partial charge < -0.3 is 20.0 Å². The SMILES string of the molecule is CCCCOc1c(O)c2cc(N)ccc2n(Cc2ccco2)c1=O. The topological polar surface area (TPSA) is 90.6 Å². The second kappa shape index (κ2) is 6.70. The van der Waals surface area contributed by atoms with E-state index in [-0.39, 0.29) is 18.0 Å². The lowest BCUT2D eigenvalue weighted by atomic mass is 10.1. The maximum absolute atomic E-state index is 12.8. The Morgan fingerprint density at radius 1 is 1.33 bits per heavy atom. The molecule has 126 valence electrons. The lowest BCUT2D eigenvalue weighted by molar-refractivity contribution is 0.287. The molecule has 3 N–H and O–H groups in total. The predicted octanol–water partition coefficient (Wildman–Crippen LogP) is 3.11. The van der Waals surface area contributed by atoms with Crippen molar-refractivity contribution >= 4 is 16.6 Å². The minimum absolute atomic E-state index is 0.0480. The minimum atomic E-state index is -0.391. The van der Waals surface area contributed by atoms with E-state index < -0.39 is 5.56 Å². The molecule has 3 rings (SSSR count). The lowest BCUT2D eigenvalue weighted by Crippen LogP contribution is -2.23. The van der Waals surface area contributed by atoms with Gasteiger partial charge in [0, 0.05) is 11.1 Å². The van der Waals surface area contributed by atoms with E-state index >= 15 is 0 Å². The van der Waals surface area contributed by atoms with Gasteiger partial charge in [-0.2, -0.15) is 0 Å². The van der Waals surface area contributed by atoms with Gasteiger partial charge in [0.1, 0.15) is 5.76 Å². The molecular weight excluding hydrogens is 308 g/mol. The monoisotopic (exact) mass is 328 g/mol. The summed E-state index contributed by atoms with van der Waals surface area (Å²) in [5.74, 6) is 0.419. The van der Waals surface area contributed by atoms with Gasteiger partial charge >= 0.3 is 0 Å². The van der Waals surface area contributed by atoms with Crippen LogP contribution in [0.5, 0.6) is 11.5 Å². The molecule has 6 nitrogen and oxygen atoms in total. The number of nitrogens with two attached hydrogens (primary N) is 1. The van der Waals surface area contributed by atoms with Crippen LogP contribution in [0.4, 0.5) is 5.69 Å². The van der Waals surface area contributed by atoms with Crippen LogP contribution >= 0.6 is 0 Å². The number of hydrogen-bond acceptors (Lipinski definition) is 5. The Hall–Kier alpha value is -2.89. The van der Waals surface area contributed by atoms with Crippen LogP contribution in [-0.2, 0) is 6.54 Å². The van der Waals surface area contributed by atoms with E-state index in [4.69, 9.17) is 14.9 Å². The van der Waals surface area contributed by atoms with Crippen molar-refractivity contribution in [2.45, 2.75) is 26.3 Å². The van der Waals surface area contributed by atoms with Crippen molar-refractivity contribution in [1.29, 1.82) is 0 Å². The van der Waals surface area contributed by atoms with Gasteiger partial charge in [0.25, 0.3) is 5.56 Å². The van der Waals surface area contributed by atoms with Gasteiger partial charge in [-0.15, -0.1) is 0 Å². The van der Waals surface area contributed by atoms with Crippen molar-refractivity contribution in [3.8, 4) is 11.5 Å². The van der Waals surface area contributed by atoms with E-state index in [2.05, 4.69) is 0 Å². The maximum atomic E-state index is 12.8. The quantitative estimate of drug-likeness (QED) is 0.536. The Balaban J connectivity index is 2.17. The van der Waals surface area contributed by atoms with Crippen molar-refractivity contribution in [3.05, 3.63) is 52.7 Å². The molecule has 0 aliphatic heterocycles. The van der Waals surface area contributed by atoms with Gasteiger partial charge in [-0.1, -0.05) is 13.3 Å². The molecule has 3 aromatic rings. The molecule has 0 aliphatic carbocycles. The van der Waals surface area contributed by atoms with Gasteiger partial charge in [-0.3, -0.25) is 9.36 Å². The summed E-state index contributed by atoms with van der Waals surface area (Å²) < 4.78 is 12.4. The molecule has 1 aromatic carbocycles. The number of anilines is 1. The maximum Gasteiger partial charge on any atom is 0.297 e. The van der Waals surface area contributed by atoms with Gasteiger partial charge in [-0.05, 0) is 36.8 Å². The molecule has 6 heteroatoms. The fourth-order valence-electron chi connectivity index (χ4n) is 2.60. The number of unbranched alkanes of at least 4 members (excludes halogenated alkanes) is 1. The van der Waals surface area contributed by atoms with Gasteiger partial charge in [-0.25, -0.2) is 0 Å². The Labute approximate surface area is 139 Å². The largest absolute Gasteiger partial charge is 0.504 e. The van der Waals surface area contributed by atoms with Crippen LogP contribution < -0.4 is 16.0 Å². The highest BCUT2D eigenvalue weighted by atomic mass is 16.5. The van der Waals surface area contributed by atoms with Crippen molar-refractivity contribution in [2.24, 2.45) is 0 Å². The second-order valence-electron chi connectivity index (χ2n) is 5.63. The highest BCUT2D eigenvalue weighted by Gasteiger charge is 2.18. The molecule has 2 heterocycles. The Kier molecular flexibility index (Phi) is 4.46. The Bertz CT molecular complexity index is 898. The first-order valence-electron chi connectivity index (χ1n) is 7.92. The molecule has 0 aliphatic rings. The van der Waals surface area contributed by atoms with Crippen molar-refractivity contribution < 1.29 is 14.3 Å². The van der Waals surface area contributed by atoms with Crippen molar-refractivity contribution in [1.82, 2.24) is 4.57 Å². The third kappa shape index (κ3) is 2.95. The Morgan fingerprint density at radius 2 is 2.17 bits per heavy atom. The molecule has 0 unspecified atom stereocenters. The van der Waals surface area contributed by atoms with Crippen molar-refractivity contribution in [3.63, 3.8) is 0 Å². The summed E-state index contributed by atoms with van der Waals surface area (Å²) in [6.07, 6.45) is 3.29. The average molecular weight is 328 g/mol. The Morgan fingerprint density at radius 3 is 2.88 bits per heavy atom. The standard InChI is InChI=1S/C18H20N2O4/c1-2-3-8-24-17-16(21)14-10-12(19)6-7-15(14)20(18(17)22)11-13-5-4-9-23-13/h4-7,9-10,21H,2-3,8,11,19H2,1H3. The van der Waals surface area contributed by atoms with Crippen LogP contribution in [0.15, 0.2) is 45.8 Å². The zero-order valence-electron chi connectivity index (χ0n) is 13.5. The molecular formula is C18H20N2O4. The summed E-state index contributed by atoms with van der Waals surface area (Å²) in [7, 11) is 0. The van der Waals surface area contributed by atoms with E-state index in [0.29, 0.717) is 29.0 Å². The normalized spacial score (nSPS) is 11.0. The molecule has 0 bridgehead atoms. The van der Waals surface area contributed by atoms with Gasteiger partial charge in [0.2, 0.25) is 5.75 Å². The number of aromatic hydroxyl groups is 1. The van der Waals surface area contributed by atoms with E-state index in [0.717, 1.165) is 12.8 Å². The van der Waals surface area contributed by atoms with Crippen LogP contribution in [0.2, 0.25) is 0 Å². The molecule has 24 heavy (non-hydrogen) atoms. The van der Waals surface area contributed by atoms with E-state index in [1.54, 1.807) is 36.6 Å². The summed E-state index contributed by atoms with van der Waals surface area (Å²) in [5, 5.41) is 11.0. The second-order valence-corrected chi connectivity index (χ2v) is 5.63. The summed E-state index contributed by atoms with van der Waals surface area (Å²) in [6.45, 7) is 2.64. The zero-order valence-corrected chi connectivity index (χ0v) is 13.5. The predicted molar refractivity (Wildman–Crippen MR) is 92.5 cm³/mol. The fraction of sp³-hybridized carbons (Fsp3) is 0.278. The number of rotatable bonds is 6. The van der Waals surface area contributed by atoms with E-state index in [9.17, 15) is 9.90 Å². The van der Waals surface area contributed by atoms with Gasteiger partial charge in [0.15, 0.2) is 5.75 Å². The van der Waals surface area contributed by atoms with Crippen LogP contribution in [-0.4, -0.2) is 16.3 Å². The molecule has 0 atom stereocenters. The smallest absolute Gasteiger partial charge is 0.297 e. The first-order valence-corrected chi connectivity index (χ1v) is 7.92. The fourth-order valence-corrected chi connectivity index (χ4v) is 2.60. The number of nitrogen functional groups attached to an aromatic ring is 1. The molecule has 0 amide bonds. The van der Waals surface area contributed by atoms with Crippen LogP contribution in [0, 0.1) is 0 Å². The van der Waals surface area contributed by atoms with Crippen LogP contribution in [0.3, 0.4) is 0 Å². The molecule has 2 aromatic heterocycles. The average Bonchev–Trinajstić information content (AvgIpc) is 3.08. The molecule has 0 saturated carbocycles. The number of furan rings is 1. The van der Waals surface area contributed by atoms with Crippen LogP contribution in [0.25, 0.3) is 10.9 Å². The number of fused-ring (bicyclic) bond motifs is 1. The number of hydrogen-bond donors (Lipinski definition) is 2. The lowest BCUT2D eigenvalue weighted by Gasteiger charge is -2.15. The molecule has 0 spiro atoms. The molecule has 0 fully saturated rings. The highest BCUT2D eigenvalue weighted by molar-refractivity contribution is 5.90. The summed E-state index contributed by atoms with van der Waals surface area (Å²) >= 11 is 0.